The van der Waals surface area contributed by atoms with Gasteiger partial charge in [-0.3, -0.25) is 9.59 Å². The molecule has 5 nitrogen and oxygen atoms in total. The summed E-state index contributed by atoms with van der Waals surface area (Å²) in [5.74, 6) is -1.95. The van der Waals surface area contributed by atoms with Crippen molar-refractivity contribution in [3.8, 4) is 5.75 Å². The smallest absolute Gasteiger partial charge is 0.295 e. The number of benzene rings is 2. The van der Waals surface area contributed by atoms with Gasteiger partial charge >= 0.3 is 0 Å². The molecule has 0 bridgehead atoms. The van der Waals surface area contributed by atoms with Crippen LogP contribution in [0.25, 0.3) is 5.76 Å². The fourth-order valence-corrected chi connectivity index (χ4v) is 2.91. The molecule has 0 radical (unpaired) electrons. The highest BCUT2D eigenvalue weighted by molar-refractivity contribution is 6.46. The molecule has 2 aromatic rings. The molecule has 3 rings (SSSR count). The van der Waals surface area contributed by atoms with Crippen LogP contribution in [0, 0.1) is 5.82 Å². The molecule has 0 unspecified atom stereocenters. The number of carbonyl (C=O) groups is 2. The maximum atomic E-state index is 14.2. The molecular weight excluding hydrogens is 325 g/mol. The molecule has 2 aromatic carbocycles. The monoisotopic (exact) mass is 341 g/mol. The van der Waals surface area contributed by atoms with Crippen LogP contribution in [0.3, 0.4) is 0 Å². The van der Waals surface area contributed by atoms with Gasteiger partial charge in [0.05, 0.1) is 18.7 Å². The van der Waals surface area contributed by atoms with Gasteiger partial charge < -0.3 is 14.7 Å². The Morgan fingerprint density at radius 3 is 2.36 bits per heavy atom. The van der Waals surface area contributed by atoms with Gasteiger partial charge in [0, 0.05) is 18.2 Å². The average molecular weight is 341 g/mol. The van der Waals surface area contributed by atoms with E-state index in [2.05, 4.69) is 0 Å². The first-order chi connectivity index (χ1) is 12.0. The van der Waals surface area contributed by atoms with Crippen LogP contribution in [-0.4, -0.2) is 35.9 Å². The van der Waals surface area contributed by atoms with Crippen LogP contribution in [0.1, 0.15) is 17.2 Å². The topological polar surface area (TPSA) is 66.8 Å². The highest BCUT2D eigenvalue weighted by atomic mass is 19.1. The Hall–Kier alpha value is -3.15. The van der Waals surface area contributed by atoms with Gasteiger partial charge in [-0.05, 0) is 30.3 Å². The number of ketones is 1. The van der Waals surface area contributed by atoms with Crippen LogP contribution in [0.2, 0.25) is 0 Å². The number of aliphatic hydroxyl groups is 1. The average Bonchev–Trinajstić information content (AvgIpc) is 2.86. The summed E-state index contributed by atoms with van der Waals surface area (Å²) in [6.45, 7) is 0. The van der Waals surface area contributed by atoms with Gasteiger partial charge in [0.25, 0.3) is 11.7 Å². The summed E-state index contributed by atoms with van der Waals surface area (Å²) in [4.78, 5) is 25.7. The van der Waals surface area contributed by atoms with E-state index in [4.69, 9.17) is 4.74 Å². The van der Waals surface area contributed by atoms with Crippen molar-refractivity contribution in [2.24, 2.45) is 0 Å². The highest BCUT2D eigenvalue weighted by Crippen LogP contribution is 2.39. The number of hydrogen-bond acceptors (Lipinski definition) is 4. The normalized spacial score (nSPS) is 19.3. The minimum absolute atomic E-state index is 0.136. The minimum Gasteiger partial charge on any atom is -0.507 e. The largest absolute Gasteiger partial charge is 0.507 e. The second-order valence-electron chi connectivity index (χ2n) is 5.66. The zero-order chi connectivity index (χ0) is 18.1. The lowest BCUT2D eigenvalue weighted by Crippen LogP contribution is -2.25. The molecule has 1 N–H and O–H groups in total. The Bertz CT molecular complexity index is 873. The van der Waals surface area contributed by atoms with Gasteiger partial charge in [0.2, 0.25) is 0 Å². The maximum absolute atomic E-state index is 14.2. The lowest BCUT2D eigenvalue weighted by atomic mass is 9.95. The van der Waals surface area contributed by atoms with E-state index in [1.807, 2.05) is 0 Å². The van der Waals surface area contributed by atoms with Crippen LogP contribution in [0.4, 0.5) is 4.39 Å². The number of Topliss-reactive ketones (excluding diaryl/α,β-unsaturated/α-hetero) is 1. The number of rotatable bonds is 3. The molecule has 0 saturated carbocycles. The molecule has 0 aliphatic carbocycles. The number of amides is 1. The zero-order valence-electron chi connectivity index (χ0n) is 13.7. The van der Waals surface area contributed by atoms with E-state index < -0.39 is 23.5 Å². The molecule has 1 heterocycles. The number of ether oxygens (including phenoxy) is 1. The molecule has 25 heavy (non-hydrogen) atoms. The van der Waals surface area contributed by atoms with Crippen molar-refractivity contribution in [3.05, 3.63) is 71.0 Å². The number of carbonyl (C=O) groups excluding carboxylic acids is 2. The van der Waals surface area contributed by atoms with E-state index in [1.54, 1.807) is 30.3 Å². The first kappa shape index (κ1) is 16.7. The summed E-state index contributed by atoms with van der Waals surface area (Å²) in [6.07, 6.45) is 0. The number of likely N-dealkylation sites (N-methyl/N-ethyl adjacent to an activating group) is 1. The molecule has 0 aromatic heterocycles. The van der Waals surface area contributed by atoms with Crippen molar-refractivity contribution >= 4 is 17.4 Å². The molecule has 1 aliphatic rings. The van der Waals surface area contributed by atoms with Crippen molar-refractivity contribution < 1.29 is 23.8 Å². The summed E-state index contributed by atoms with van der Waals surface area (Å²) < 4.78 is 19.3. The van der Waals surface area contributed by atoms with Crippen LogP contribution >= 0.6 is 0 Å². The third-order valence-electron chi connectivity index (χ3n) is 4.24. The van der Waals surface area contributed by atoms with Gasteiger partial charge in [0.1, 0.15) is 17.3 Å². The Kier molecular flexibility index (Phi) is 4.27. The van der Waals surface area contributed by atoms with Crippen LogP contribution in [0.5, 0.6) is 5.75 Å². The molecule has 6 heteroatoms. The second kappa shape index (κ2) is 6.39. The summed E-state index contributed by atoms with van der Waals surface area (Å²) in [7, 11) is 2.92. The van der Waals surface area contributed by atoms with Crippen molar-refractivity contribution in [2.45, 2.75) is 6.04 Å². The summed E-state index contributed by atoms with van der Waals surface area (Å²) in [6, 6.07) is 11.3. The minimum atomic E-state index is -0.983. The number of methoxy groups -OCH3 is 1. The Balaban J connectivity index is 2.17. The predicted molar refractivity (Wildman–Crippen MR) is 89.5 cm³/mol. The lowest BCUT2D eigenvalue weighted by molar-refractivity contribution is -0.139. The van der Waals surface area contributed by atoms with Crippen LogP contribution in [-0.2, 0) is 9.59 Å². The Morgan fingerprint density at radius 1 is 1.12 bits per heavy atom. The molecule has 1 fully saturated rings. The van der Waals surface area contributed by atoms with Crippen molar-refractivity contribution in [1.82, 2.24) is 4.90 Å². The SMILES string of the molecule is COc1ccc(/C(O)=C2\C(=O)C(=O)N(C)[C@H]2c2ccccc2F)cc1. The Morgan fingerprint density at radius 2 is 1.76 bits per heavy atom. The first-order valence-electron chi connectivity index (χ1n) is 7.59. The van der Waals surface area contributed by atoms with E-state index in [0.29, 0.717) is 11.3 Å². The second-order valence-corrected chi connectivity index (χ2v) is 5.66. The van der Waals surface area contributed by atoms with Gasteiger partial charge in [-0.2, -0.15) is 0 Å². The quantitative estimate of drug-likeness (QED) is 0.530. The van der Waals surface area contributed by atoms with E-state index in [0.717, 1.165) is 4.90 Å². The molecular formula is C19H16FNO4. The lowest BCUT2D eigenvalue weighted by Gasteiger charge is -2.21. The zero-order valence-corrected chi connectivity index (χ0v) is 13.7. The number of hydrogen-bond donors (Lipinski definition) is 1. The number of likely N-dealkylation sites (tertiary alicyclic amines) is 1. The highest BCUT2D eigenvalue weighted by Gasteiger charge is 2.45. The fourth-order valence-electron chi connectivity index (χ4n) is 2.91. The van der Waals surface area contributed by atoms with Gasteiger partial charge in [-0.25, -0.2) is 4.39 Å². The van der Waals surface area contributed by atoms with E-state index >= 15 is 0 Å². The van der Waals surface area contributed by atoms with Gasteiger partial charge in [-0.1, -0.05) is 18.2 Å². The van der Waals surface area contributed by atoms with Crippen molar-refractivity contribution in [2.75, 3.05) is 14.2 Å². The summed E-state index contributed by atoms with van der Waals surface area (Å²) in [5, 5.41) is 10.6. The molecule has 1 atom stereocenters. The molecule has 0 spiro atoms. The standard InChI is InChI=1S/C19H16FNO4/c1-21-16(13-5-3-4-6-14(13)20)15(18(23)19(21)24)17(22)11-7-9-12(25-2)10-8-11/h3-10,16,22H,1-2H3/b17-15+/t16-/m0/s1. The van der Waals surface area contributed by atoms with E-state index in [9.17, 15) is 19.1 Å². The summed E-state index contributed by atoms with van der Waals surface area (Å²) in [5.41, 5.74) is 0.357. The summed E-state index contributed by atoms with van der Waals surface area (Å²) >= 11 is 0. The maximum Gasteiger partial charge on any atom is 0.295 e. The van der Waals surface area contributed by atoms with Crippen molar-refractivity contribution in [3.63, 3.8) is 0 Å². The van der Waals surface area contributed by atoms with Gasteiger partial charge in [-0.15, -0.1) is 0 Å². The van der Waals surface area contributed by atoms with Crippen molar-refractivity contribution in [1.29, 1.82) is 0 Å². The number of halogens is 1. The van der Waals surface area contributed by atoms with Crippen LogP contribution in [0.15, 0.2) is 54.1 Å². The first-order valence-corrected chi connectivity index (χ1v) is 7.59. The third-order valence-corrected chi connectivity index (χ3v) is 4.24. The molecule has 1 saturated heterocycles. The molecule has 1 amide bonds. The third kappa shape index (κ3) is 2.76. The van der Waals surface area contributed by atoms with E-state index in [1.165, 1.54) is 32.4 Å². The number of nitrogens with zero attached hydrogens (tertiary/aromatic N) is 1. The number of aliphatic hydroxyl groups excluding tert-OH is 1. The Labute approximate surface area is 144 Å². The van der Waals surface area contributed by atoms with Gasteiger partial charge in [0.15, 0.2) is 0 Å². The van der Waals surface area contributed by atoms with E-state index in [-0.39, 0.29) is 16.9 Å². The van der Waals surface area contributed by atoms with Crippen LogP contribution < -0.4 is 4.74 Å². The molecule has 128 valence electrons. The molecule has 1 aliphatic heterocycles. The predicted octanol–water partition coefficient (Wildman–Crippen LogP) is 2.89. The fraction of sp³-hybridized carbons (Fsp3) is 0.158.